The lowest BCUT2D eigenvalue weighted by atomic mass is 9.93. The third kappa shape index (κ3) is 6.17. The number of alkyl carbamates (subject to hydrolysis) is 1. The van der Waals surface area contributed by atoms with Gasteiger partial charge in [0.15, 0.2) is 0 Å². The van der Waals surface area contributed by atoms with Crippen molar-refractivity contribution in [2.45, 2.75) is 71.4 Å². The van der Waals surface area contributed by atoms with Gasteiger partial charge >= 0.3 is 6.09 Å². The predicted molar refractivity (Wildman–Crippen MR) is 94.4 cm³/mol. The highest BCUT2D eigenvalue weighted by atomic mass is 16.6. The molecule has 23 heavy (non-hydrogen) atoms. The van der Waals surface area contributed by atoms with Crippen LogP contribution < -0.4 is 10.6 Å². The zero-order valence-corrected chi connectivity index (χ0v) is 15.2. The van der Waals surface area contributed by atoms with E-state index in [9.17, 15) is 4.79 Å². The number of hydrogen-bond donors (Lipinski definition) is 2. The SMILES string of the molecule is CCCCC(CNC(=O)OC(C)(C)C)NCC1CC2C=CC1C2. The van der Waals surface area contributed by atoms with Gasteiger partial charge in [-0.25, -0.2) is 4.79 Å². The average Bonchev–Trinajstić information content (AvgIpc) is 3.07. The van der Waals surface area contributed by atoms with Crippen molar-refractivity contribution in [3.05, 3.63) is 12.2 Å². The summed E-state index contributed by atoms with van der Waals surface area (Å²) < 4.78 is 5.32. The van der Waals surface area contributed by atoms with Crippen molar-refractivity contribution in [1.82, 2.24) is 10.6 Å². The molecule has 0 heterocycles. The number of ether oxygens (including phenoxy) is 1. The summed E-state index contributed by atoms with van der Waals surface area (Å²) in [5.74, 6) is 2.37. The minimum atomic E-state index is -0.439. The molecule has 1 amide bonds. The van der Waals surface area contributed by atoms with Crippen LogP contribution in [0.15, 0.2) is 12.2 Å². The molecule has 0 aliphatic heterocycles. The van der Waals surface area contributed by atoms with Crippen molar-refractivity contribution in [3.63, 3.8) is 0 Å². The van der Waals surface area contributed by atoms with E-state index in [-0.39, 0.29) is 6.09 Å². The summed E-state index contributed by atoms with van der Waals surface area (Å²) >= 11 is 0. The predicted octanol–water partition coefficient (Wildman–Crippen LogP) is 3.87. The van der Waals surface area contributed by atoms with Crippen molar-refractivity contribution < 1.29 is 9.53 Å². The maximum absolute atomic E-state index is 11.8. The molecule has 4 atom stereocenters. The summed E-state index contributed by atoms with van der Waals surface area (Å²) in [6.45, 7) is 9.59. The summed E-state index contributed by atoms with van der Waals surface area (Å²) in [5, 5.41) is 6.62. The van der Waals surface area contributed by atoms with Gasteiger partial charge in [0.25, 0.3) is 0 Å². The van der Waals surface area contributed by atoms with Crippen molar-refractivity contribution >= 4 is 6.09 Å². The standard InChI is InChI=1S/C19H34N2O2/c1-5-6-7-17(13-21-18(22)23-19(2,3)4)20-12-16-11-14-8-9-15(16)10-14/h8-9,14-17,20H,5-7,10-13H2,1-4H3,(H,21,22). The molecule has 0 radical (unpaired) electrons. The van der Waals surface area contributed by atoms with Gasteiger partial charge in [0.2, 0.25) is 0 Å². The number of rotatable bonds is 8. The topological polar surface area (TPSA) is 50.4 Å². The molecule has 0 spiro atoms. The fourth-order valence-corrected chi connectivity index (χ4v) is 3.69. The van der Waals surface area contributed by atoms with Crippen molar-refractivity contribution in [1.29, 1.82) is 0 Å². The quantitative estimate of drug-likeness (QED) is 0.667. The summed E-state index contributed by atoms with van der Waals surface area (Å²) in [6.07, 6.45) is 10.6. The van der Waals surface area contributed by atoms with Gasteiger partial charge in [-0.2, -0.15) is 0 Å². The third-order valence-corrected chi connectivity index (χ3v) is 4.88. The van der Waals surface area contributed by atoms with Crippen molar-refractivity contribution in [2.24, 2.45) is 17.8 Å². The summed E-state index contributed by atoms with van der Waals surface area (Å²) in [6, 6.07) is 0.338. The second kappa shape index (κ2) is 8.18. The highest BCUT2D eigenvalue weighted by Crippen LogP contribution is 2.42. The van der Waals surface area contributed by atoms with Gasteiger partial charge in [-0.05, 0) is 64.3 Å². The highest BCUT2D eigenvalue weighted by Gasteiger charge is 2.35. The molecule has 2 aliphatic rings. The van der Waals surface area contributed by atoms with Gasteiger partial charge in [0.05, 0.1) is 0 Å². The number of unbranched alkanes of at least 4 members (excludes halogenated alkanes) is 1. The second-order valence-corrected chi connectivity index (χ2v) is 8.17. The smallest absolute Gasteiger partial charge is 0.407 e. The van der Waals surface area contributed by atoms with Crippen LogP contribution in [-0.2, 0) is 4.74 Å². The summed E-state index contributed by atoms with van der Waals surface area (Å²) in [7, 11) is 0. The summed E-state index contributed by atoms with van der Waals surface area (Å²) in [4.78, 5) is 11.8. The van der Waals surface area contributed by atoms with Crippen LogP contribution in [0.5, 0.6) is 0 Å². The van der Waals surface area contributed by atoms with E-state index in [0.717, 1.165) is 30.7 Å². The first kappa shape index (κ1) is 18.3. The Labute approximate surface area is 141 Å². The molecule has 2 rings (SSSR count). The Kier molecular flexibility index (Phi) is 6.51. The molecule has 2 bridgehead atoms. The zero-order valence-electron chi connectivity index (χ0n) is 15.2. The molecule has 1 fully saturated rings. The monoisotopic (exact) mass is 322 g/mol. The summed E-state index contributed by atoms with van der Waals surface area (Å²) in [5.41, 5.74) is -0.439. The van der Waals surface area contributed by atoms with E-state index in [1.807, 2.05) is 20.8 Å². The third-order valence-electron chi connectivity index (χ3n) is 4.88. The van der Waals surface area contributed by atoms with Crippen LogP contribution in [0.25, 0.3) is 0 Å². The Balaban J connectivity index is 1.73. The van der Waals surface area contributed by atoms with Gasteiger partial charge in [0, 0.05) is 12.6 Å². The van der Waals surface area contributed by atoms with Gasteiger partial charge in [-0.15, -0.1) is 0 Å². The molecule has 2 N–H and O–H groups in total. The molecule has 0 aromatic rings. The number of amides is 1. The van der Waals surface area contributed by atoms with E-state index in [0.29, 0.717) is 12.6 Å². The molecule has 0 aromatic heterocycles. The average molecular weight is 322 g/mol. The molecule has 0 saturated heterocycles. The molecular formula is C19H34N2O2. The second-order valence-electron chi connectivity index (χ2n) is 8.17. The van der Waals surface area contributed by atoms with Crippen LogP contribution >= 0.6 is 0 Å². The number of nitrogens with one attached hydrogen (secondary N) is 2. The largest absolute Gasteiger partial charge is 0.444 e. The number of fused-ring (bicyclic) bond motifs is 2. The van der Waals surface area contributed by atoms with Gasteiger partial charge in [-0.1, -0.05) is 31.9 Å². The van der Waals surface area contributed by atoms with E-state index in [4.69, 9.17) is 4.74 Å². The lowest BCUT2D eigenvalue weighted by Gasteiger charge is -2.25. The molecule has 4 nitrogen and oxygen atoms in total. The van der Waals surface area contributed by atoms with E-state index >= 15 is 0 Å². The minimum absolute atomic E-state index is 0.316. The van der Waals surface area contributed by atoms with Crippen LogP contribution in [-0.4, -0.2) is 30.8 Å². The maximum atomic E-state index is 11.8. The molecule has 1 saturated carbocycles. The molecule has 4 heteroatoms. The van der Waals surface area contributed by atoms with E-state index in [1.54, 1.807) is 0 Å². The lowest BCUT2D eigenvalue weighted by molar-refractivity contribution is 0.0521. The maximum Gasteiger partial charge on any atom is 0.407 e. The highest BCUT2D eigenvalue weighted by molar-refractivity contribution is 5.67. The van der Waals surface area contributed by atoms with Gasteiger partial charge in [0.1, 0.15) is 5.60 Å². The first-order valence-electron chi connectivity index (χ1n) is 9.26. The Morgan fingerprint density at radius 3 is 2.65 bits per heavy atom. The molecule has 0 aromatic carbocycles. The minimum Gasteiger partial charge on any atom is -0.444 e. The van der Waals surface area contributed by atoms with Crippen LogP contribution in [0.4, 0.5) is 4.79 Å². The Hall–Kier alpha value is -1.03. The van der Waals surface area contributed by atoms with Crippen LogP contribution in [0, 0.1) is 17.8 Å². The molecule has 2 aliphatic carbocycles. The van der Waals surface area contributed by atoms with Crippen molar-refractivity contribution in [2.75, 3.05) is 13.1 Å². The first-order chi connectivity index (χ1) is 10.9. The number of allylic oxidation sites excluding steroid dienone is 2. The van der Waals surface area contributed by atoms with Crippen molar-refractivity contribution in [3.8, 4) is 0 Å². The number of carbonyl (C=O) groups excluding carboxylic acids is 1. The Morgan fingerprint density at radius 2 is 2.09 bits per heavy atom. The first-order valence-corrected chi connectivity index (χ1v) is 9.26. The number of hydrogen-bond acceptors (Lipinski definition) is 3. The van der Waals surface area contributed by atoms with Crippen LogP contribution in [0.2, 0.25) is 0 Å². The lowest BCUT2D eigenvalue weighted by Crippen LogP contribution is -2.44. The van der Waals surface area contributed by atoms with Gasteiger partial charge < -0.3 is 15.4 Å². The van der Waals surface area contributed by atoms with E-state index in [1.165, 1.54) is 25.7 Å². The van der Waals surface area contributed by atoms with E-state index < -0.39 is 5.60 Å². The fourth-order valence-electron chi connectivity index (χ4n) is 3.69. The molecule has 132 valence electrons. The Morgan fingerprint density at radius 1 is 1.30 bits per heavy atom. The van der Waals surface area contributed by atoms with Gasteiger partial charge in [-0.3, -0.25) is 0 Å². The van der Waals surface area contributed by atoms with Crippen LogP contribution in [0.1, 0.15) is 59.8 Å². The normalized spacial score (nSPS) is 27.2. The number of carbonyl (C=O) groups is 1. The Bertz CT molecular complexity index is 414. The van der Waals surface area contributed by atoms with E-state index in [2.05, 4.69) is 29.7 Å². The molecule has 4 unspecified atom stereocenters. The molecular weight excluding hydrogens is 288 g/mol. The zero-order chi connectivity index (χ0) is 16.9. The van der Waals surface area contributed by atoms with Crippen LogP contribution in [0.3, 0.4) is 0 Å². The fraction of sp³-hybridized carbons (Fsp3) is 0.842.